The molecule has 5 heteroatoms. The number of aliphatic hydroxyl groups is 1. The molecule has 2 rings (SSSR count). The normalized spacial score (nSPS) is 27.6. The van der Waals surface area contributed by atoms with E-state index in [0.717, 1.165) is 40.9 Å². The van der Waals surface area contributed by atoms with Gasteiger partial charge in [-0.3, -0.25) is 0 Å². The Labute approximate surface area is 121 Å². The lowest BCUT2D eigenvalue weighted by Gasteiger charge is -2.28. The molecule has 0 amide bonds. The van der Waals surface area contributed by atoms with Gasteiger partial charge in [0.05, 0.1) is 10.6 Å². The average molecular weight is 331 g/mol. The molecule has 1 aliphatic carbocycles. The number of aromatic nitrogens is 1. The van der Waals surface area contributed by atoms with E-state index in [0.29, 0.717) is 12.5 Å². The largest absolute Gasteiger partial charge is 0.388 e. The molecule has 18 heavy (non-hydrogen) atoms. The highest BCUT2D eigenvalue weighted by atomic mass is 79.9. The van der Waals surface area contributed by atoms with Crippen LogP contribution in [-0.4, -0.2) is 28.0 Å². The summed E-state index contributed by atoms with van der Waals surface area (Å²) in [6.45, 7) is 0.388. The van der Waals surface area contributed by atoms with Crippen LogP contribution in [0, 0.1) is 5.92 Å². The van der Waals surface area contributed by atoms with Gasteiger partial charge in [-0.1, -0.05) is 6.42 Å². The smallest absolute Gasteiger partial charge is 0.0960 e. The molecule has 0 spiro atoms. The van der Waals surface area contributed by atoms with Crippen LogP contribution in [0.5, 0.6) is 0 Å². The second kappa shape index (κ2) is 6.37. The van der Waals surface area contributed by atoms with Crippen LogP contribution >= 0.6 is 27.7 Å². The Balaban J connectivity index is 1.80. The van der Waals surface area contributed by atoms with E-state index in [1.165, 1.54) is 0 Å². The van der Waals surface area contributed by atoms with Crippen molar-refractivity contribution in [3.63, 3.8) is 0 Å². The molecule has 2 unspecified atom stereocenters. The molecule has 1 aliphatic rings. The van der Waals surface area contributed by atoms with Crippen molar-refractivity contribution < 1.29 is 5.11 Å². The summed E-state index contributed by atoms with van der Waals surface area (Å²) >= 11 is 5.12. The molecule has 0 aliphatic heterocycles. The highest BCUT2D eigenvalue weighted by Crippen LogP contribution is 2.38. The third kappa shape index (κ3) is 3.47. The lowest BCUT2D eigenvalue weighted by Crippen LogP contribution is -2.41. The molecule has 1 heterocycles. The number of halogens is 1. The summed E-state index contributed by atoms with van der Waals surface area (Å²) in [4.78, 5) is 4.33. The van der Waals surface area contributed by atoms with Gasteiger partial charge in [0.2, 0.25) is 0 Å². The summed E-state index contributed by atoms with van der Waals surface area (Å²) in [5, 5.41) is 11.4. The summed E-state index contributed by atoms with van der Waals surface area (Å²) in [6.07, 6.45) is 5.88. The van der Waals surface area contributed by atoms with Crippen molar-refractivity contribution in [1.29, 1.82) is 0 Å². The molecule has 0 aromatic carbocycles. The van der Waals surface area contributed by atoms with E-state index < -0.39 is 5.60 Å². The summed E-state index contributed by atoms with van der Waals surface area (Å²) in [6, 6.07) is 4.01. The van der Waals surface area contributed by atoms with Gasteiger partial charge in [0, 0.05) is 17.2 Å². The fraction of sp³-hybridized carbons (Fsp3) is 0.615. The van der Waals surface area contributed by atoms with Crippen LogP contribution in [0.4, 0.5) is 0 Å². The van der Waals surface area contributed by atoms with Gasteiger partial charge in [0.15, 0.2) is 0 Å². The summed E-state index contributed by atoms with van der Waals surface area (Å²) in [7, 11) is 0. The molecular weight excluding hydrogens is 312 g/mol. The molecule has 100 valence electrons. The number of hydrogen-bond acceptors (Lipinski definition) is 4. The van der Waals surface area contributed by atoms with Crippen LogP contribution in [0.15, 0.2) is 27.8 Å². The predicted molar refractivity (Wildman–Crippen MR) is 78.6 cm³/mol. The number of rotatable bonds is 5. The van der Waals surface area contributed by atoms with Crippen molar-refractivity contribution in [2.24, 2.45) is 11.7 Å². The Morgan fingerprint density at radius 2 is 2.39 bits per heavy atom. The molecule has 1 aromatic rings. The lowest BCUT2D eigenvalue weighted by molar-refractivity contribution is 0.0103. The first-order valence-electron chi connectivity index (χ1n) is 6.31. The van der Waals surface area contributed by atoms with Gasteiger partial charge in [0.1, 0.15) is 0 Å². The van der Waals surface area contributed by atoms with Crippen LogP contribution in [0.2, 0.25) is 0 Å². The highest BCUT2D eigenvalue weighted by Gasteiger charge is 2.39. The maximum Gasteiger partial charge on any atom is 0.0960 e. The van der Waals surface area contributed by atoms with E-state index in [-0.39, 0.29) is 0 Å². The Morgan fingerprint density at radius 1 is 1.56 bits per heavy atom. The third-order valence-corrected chi connectivity index (χ3v) is 5.14. The summed E-state index contributed by atoms with van der Waals surface area (Å²) < 4.78 is 1.00. The van der Waals surface area contributed by atoms with E-state index in [4.69, 9.17) is 5.73 Å². The zero-order valence-electron chi connectivity index (χ0n) is 10.3. The van der Waals surface area contributed by atoms with Crippen molar-refractivity contribution in [2.45, 2.75) is 36.3 Å². The average Bonchev–Trinajstić information content (AvgIpc) is 2.74. The van der Waals surface area contributed by atoms with E-state index in [2.05, 4.69) is 20.9 Å². The maximum atomic E-state index is 10.3. The quantitative estimate of drug-likeness (QED) is 0.815. The number of nitrogens with zero attached hydrogens (tertiary/aromatic N) is 1. The monoisotopic (exact) mass is 330 g/mol. The van der Waals surface area contributed by atoms with Crippen molar-refractivity contribution in [3.05, 3.63) is 22.8 Å². The van der Waals surface area contributed by atoms with Crippen molar-refractivity contribution in [1.82, 2.24) is 4.98 Å². The molecule has 2 atom stereocenters. The van der Waals surface area contributed by atoms with E-state index in [1.807, 2.05) is 18.3 Å². The second-order valence-electron chi connectivity index (χ2n) is 4.85. The Morgan fingerprint density at radius 3 is 3.06 bits per heavy atom. The predicted octanol–water partition coefficient (Wildman–Crippen LogP) is 2.82. The molecule has 1 aromatic heterocycles. The zero-order chi connectivity index (χ0) is 13.0. The van der Waals surface area contributed by atoms with Gasteiger partial charge in [0.25, 0.3) is 0 Å². The molecular formula is C13H19BrN2OS. The minimum absolute atomic E-state index is 0.352. The van der Waals surface area contributed by atoms with Gasteiger partial charge in [-0.05, 0) is 59.0 Å². The minimum Gasteiger partial charge on any atom is -0.388 e. The van der Waals surface area contributed by atoms with Crippen LogP contribution in [-0.2, 0) is 0 Å². The van der Waals surface area contributed by atoms with Gasteiger partial charge >= 0.3 is 0 Å². The zero-order valence-corrected chi connectivity index (χ0v) is 12.7. The number of nitrogens with two attached hydrogens (primary N) is 1. The number of hydrogen-bond donors (Lipinski definition) is 2. The topological polar surface area (TPSA) is 59.1 Å². The first-order chi connectivity index (χ1) is 8.64. The van der Waals surface area contributed by atoms with Gasteiger partial charge in [-0.2, -0.15) is 0 Å². The Hall–Kier alpha value is -0.100. The molecule has 0 bridgehead atoms. The second-order valence-corrected chi connectivity index (χ2v) is 6.88. The fourth-order valence-electron chi connectivity index (χ4n) is 2.56. The number of pyridine rings is 1. The molecule has 0 saturated heterocycles. The Bertz CT molecular complexity index is 387. The van der Waals surface area contributed by atoms with E-state index in [1.54, 1.807) is 11.8 Å². The van der Waals surface area contributed by atoms with E-state index in [9.17, 15) is 5.11 Å². The van der Waals surface area contributed by atoms with Crippen molar-refractivity contribution in [3.8, 4) is 0 Å². The molecule has 3 N–H and O–H groups in total. The maximum absolute atomic E-state index is 10.3. The van der Waals surface area contributed by atoms with Crippen LogP contribution < -0.4 is 5.73 Å². The molecule has 3 nitrogen and oxygen atoms in total. The first kappa shape index (κ1) is 14.3. The SMILES string of the molecule is NCC1(O)CCCC1CCSc1ccc(Br)cn1. The minimum atomic E-state index is -0.617. The molecule has 0 radical (unpaired) electrons. The van der Waals surface area contributed by atoms with Gasteiger partial charge in [-0.25, -0.2) is 4.98 Å². The van der Waals surface area contributed by atoms with Crippen molar-refractivity contribution >= 4 is 27.7 Å². The highest BCUT2D eigenvalue weighted by molar-refractivity contribution is 9.10. The Kier molecular flexibility index (Phi) is 5.06. The third-order valence-electron chi connectivity index (χ3n) is 3.69. The summed E-state index contributed by atoms with van der Waals surface area (Å²) in [5.74, 6) is 1.34. The number of thioether (sulfide) groups is 1. The first-order valence-corrected chi connectivity index (χ1v) is 8.09. The fourth-order valence-corrected chi connectivity index (χ4v) is 3.70. The molecule has 1 saturated carbocycles. The van der Waals surface area contributed by atoms with Gasteiger partial charge in [-0.15, -0.1) is 11.8 Å². The summed E-state index contributed by atoms with van der Waals surface area (Å²) in [5.41, 5.74) is 5.07. The molecule has 1 fully saturated rings. The van der Waals surface area contributed by atoms with Crippen molar-refractivity contribution in [2.75, 3.05) is 12.3 Å². The van der Waals surface area contributed by atoms with Crippen LogP contribution in [0.3, 0.4) is 0 Å². The van der Waals surface area contributed by atoms with E-state index >= 15 is 0 Å². The lowest BCUT2D eigenvalue weighted by atomic mass is 9.89. The van der Waals surface area contributed by atoms with Crippen LogP contribution in [0.25, 0.3) is 0 Å². The van der Waals surface area contributed by atoms with Gasteiger partial charge < -0.3 is 10.8 Å². The standard InChI is InChI=1S/C13H19BrN2OS/c14-11-3-4-12(16-8-11)18-7-5-10-2-1-6-13(10,17)9-15/h3-4,8,10,17H,1-2,5-7,9,15H2. The van der Waals surface area contributed by atoms with Crippen LogP contribution in [0.1, 0.15) is 25.7 Å².